The number of aryl methyl sites for hydroxylation is 1. The van der Waals surface area contributed by atoms with E-state index in [1.807, 2.05) is 50.4 Å². The third-order valence-corrected chi connectivity index (χ3v) is 5.19. The van der Waals surface area contributed by atoms with Crippen molar-refractivity contribution in [2.45, 2.75) is 26.9 Å². The van der Waals surface area contributed by atoms with Crippen LogP contribution in [0.2, 0.25) is 10.0 Å². The lowest BCUT2D eigenvalue weighted by molar-refractivity contribution is 0.310. The monoisotopic (exact) mass is 404 g/mol. The quantitative estimate of drug-likeness (QED) is 0.487. The molecule has 0 saturated carbocycles. The molecule has 1 N–H and O–H groups in total. The van der Waals surface area contributed by atoms with Crippen molar-refractivity contribution in [2.75, 3.05) is 5.32 Å². The zero-order valence-corrected chi connectivity index (χ0v) is 16.8. The van der Waals surface area contributed by atoms with Crippen molar-refractivity contribution in [1.29, 1.82) is 0 Å². The fourth-order valence-electron chi connectivity index (χ4n) is 2.59. The van der Waals surface area contributed by atoms with Gasteiger partial charge in [-0.25, -0.2) is 0 Å². The Labute approximate surface area is 168 Å². The van der Waals surface area contributed by atoms with Crippen LogP contribution in [0.3, 0.4) is 0 Å². The second-order valence-electron chi connectivity index (χ2n) is 5.88. The van der Waals surface area contributed by atoms with Gasteiger partial charge in [0.2, 0.25) is 0 Å². The number of thiocarbonyl (C=S) groups is 1. The van der Waals surface area contributed by atoms with Crippen LogP contribution in [0.15, 0.2) is 42.6 Å². The van der Waals surface area contributed by atoms with E-state index in [1.54, 1.807) is 6.07 Å². The van der Waals surface area contributed by atoms with Gasteiger partial charge < -0.3 is 10.1 Å². The number of nitrogens with one attached hydrogen (secondary N) is 1. The molecule has 0 aliphatic carbocycles. The van der Waals surface area contributed by atoms with E-state index in [9.17, 15) is 0 Å². The maximum atomic E-state index is 6.53. The van der Waals surface area contributed by atoms with Crippen LogP contribution in [-0.2, 0) is 6.61 Å². The molecule has 6 heteroatoms. The van der Waals surface area contributed by atoms with Gasteiger partial charge in [0, 0.05) is 33.2 Å². The number of hydrogen-bond donors (Lipinski definition) is 1. The minimum Gasteiger partial charge on any atom is -0.488 e. The van der Waals surface area contributed by atoms with Crippen LogP contribution in [0.1, 0.15) is 24.6 Å². The SMILES string of the molecule is CCC(=S)Nc1ccc(Cl)c(COc2cccc3cnc(C)cc23)c1Cl. The Hall–Kier alpha value is -1.88. The van der Waals surface area contributed by atoms with Crippen molar-refractivity contribution in [1.82, 2.24) is 4.98 Å². The summed E-state index contributed by atoms with van der Waals surface area (Å²) in [5.74, 6) is 0.766. The number of nitrogens with zero attached hydrogens (tertiary/aromatic N) is 1. The predicted molar refractivity (Wildman–Crippen MR) is 114 cm³/mol. The summed E-state index contributed by atoms with van der Waals surface area (Å²) < 4.78 is 6.05. The molecule has 3 aromatic rings. The van der Waals surface area contributed by atoms with E-state index in [0.29, 0.717) is 10.0 Å². The van der Waals surface area contributed by atoms with Crippen LogP contribution in [-0.4, -0.2) is 9.97 Å². The summed E-state index contributed by atoms with van der Waals surface area (Å²) in [4.78, 5) is 5.04. The van der Waals surface area contributed by atoms with E-state index < -0.39 is 0 Å². The lowest BCUT2D eigenvalue weighted by atomic mass is 10.1. The second-order valence-corrected chi connectivity index (χ2v) is 7.16. The van der Waals surface area contributed by atoms with Crippen LogP contribution in [0.5, 0.6) is 5.75 Å². The molecule has 0 bridgehead atoms. The number of benzene rings is 2. The highest BCUT2D eigenvalue weighted by molar-refractivity contribution is 7.80. The largest absolute Gasteiger partial charge is 0.488 e. The molecule has 2 aromatic carbocycles. The standard InChI is InChI=1S/C20H18Cl2N2OS/c1-3-19(26)24-17-8-7-16(21)15(20(17)22)11-25-18-6-4-5-13-10-23-12(2)9-14(13)18/h4-10H,3,11H2,1-2H3,(H,24,26). The van der Waals surface area contributed by atoms with Crippen molar-refractivity contribution in [3.05, 3.63) is 63.9 Å². The molecule has 0 radical (unpaired) electrons. The summed E-state index contributed by atoms with van der Waals surface area (Å²) in [5.41, 5.74) is 2.39. The minimum absolute atomic E-state index is 0.257. The summed E-state index contributed by atoms with van der Waals surface area (Å²) in [7, 11) is 0. The van der Waals surface area contributed by atoms with Crippen molar-refractivity contribution in [3.8, 4) is 5.75 Å². The molecule has 0 saturated heterocycles. The first-order valence-electron chi connectivity index (χ1n) is 8.24. The number of halogens is 2. The number of anilines is 1. The number of fused-ring (bicyclic) bond motifs is 1. The van der Waals surface area contributed by atoms with E-state index in [2.05, 4.69) is 10.3 Å². The molecule has 26 heavy (non-hydrogen) atoms. The summed E-state index contributed by atoms with van der Waals surface area (Å²) in [6.45, 7) is 4.20. The van der Waals surface area contributed by atoms with Crippen LogP contribution in [0, 0.1) is 6.92 Å². The molecule has 0 aliphatic rings. The summed E-state index contributed by atoms with van der Waals surface area (Å²) >= 11 is 18.1. The van der Waals surface area contributed by atoms with E-state index in [1.165, 1.54) is 0 Å². The van der Waals surface area contributed by atoms with Gasteiger partial charge in [0.15, 0.2) is 0 Å². The highest BCUT2D eigenvalue weighted by Crippen LogP contribution is 2.34. The molecule has 3 nitrogen and oxygen atoms in total. The second kappa shape index (κ2) is 8.21. The first kappa shape index (κ1) is 18.9. The molecule has 0 amide bonds. The number of rotatable bonds is 5. The van der Waals surface area contributed by atoms with Gasteiger partial charge in [-0.2, -0.15) is 0 Å². The Kier molecular flexibility index (Phi) is 5.97. The molecule has 1 aromatic heterocycles. The van der Waals surface area contributed by atoms with E-state index in [0.717, 1.165) is 44.9 Å². The number of ether oxygens (including phenoxy) is 1. The van der Waals surface area contributed by atoms with Crippen molar-refractivity contribution in [3.63, 3.8) is 0 Å². The fraction of sp³-hybridized carbons (Fsp3) is 0.200. The van der Waals surface area contributed by atoms with Crippen molar-refractivity contribution < 1.29 is 4.74 Å². The van der Waals surface area contributed by atoms with E-state index in [-0.39, 0.29) is 6.61 Å². The Bertz CT molecular complexity index is 975. The molecule has 0 atom stereocenters. The van der Waals surface area contributed by atoms with Gasteiger partial charge in [-0.15, -0.1) is 0 Å². The molecule has 0 fully saturated rings. The van der Waals surface area contributed by atoms with Gasteiger partial charge in [0.05, 0.1) is 15.7 Å². The van der Waals surface area contributed by atoms with E-state index >= 15 is 0 Å². The first-order chi connectivity index (χ1) is 12.5. The Morgan fingerprint density at radius 3 is 2.81 bits per heavy atom. The summed E-state index contributed by atoms with van der Waals surface area (Å²) in [6.07, 6.45) is 2.58. The van der Waals surface area contributed by atoms with Crippen LogP contribution in [0.25, 0.3) is 10.8 Å². The maximum Gasteiger partial charge on any atom is 0.127 e. The van der Waals surface area contributed by atoms with Crippen LogP contribution >= 0.6 is 35.4 Å². The number of aromatic nitrogens is 1. The average Bonchev–Trinajstić information content (AvgIpc) is 2.64. The van der Waals surface area contributed by atoms with Crippen molar-refractivity contribution in [2.24, 2.45) is 0 Å². The topological polar surface area (TPSA) is 34.1 Å². The van der Waals surface area contributed by atoms with Crippen LogP contribution in [0.4, 0.5) is 5.69 Å². The molecule has 0 spiro atoms. The lowest BCUT2D eigenvalue weighted by Crippen LogP contribution is -2.09. The van der Waals surface area contributed by atoms with Crippen LogP contribution < -0.4 is 10.1 Å². The van der Waals surface area contributed by atoms with Gasteiger partial charge in [0.25, 0.3) is 0 Å². The summed E-state index contributed by atoms with van der Waals surface area (Å²) in [5, 5.41) is 6.25. The molecular weight excluding hydrogens is 387 g/mol. The highest BCUT2D eigenvalue weighted by atomic mass is 35.5. The first-order valence-corrected chi connectivity index (χ1v) is 9.41. The van der Waals surface area contributed by atoms with Gasteiger partial charge in [-0.1, -0.05) is 54.5 Å². The fourth-order valence-corrected chi connectivity index (χ4v) is 3.22. The lowest BCUT2D eigenvalue weighted by Gasteiger charge is -2.15. The normalized spacial score (nSPS) is 10.8. The molecular formula is C20H18Cl2N2OS. The Balaban J connectivity index is 1.89. The average molecular weight is 405 g/mol. The molecule has 0 aliphatic heterocycles. The third kappa shape index (κ3) is 4.09. The zero-order valence-electron chi connectivity index (χ0n) is 14.5. The number of hydrogen-bond acceptors (Lipinski definition) is 3. The smallest absolute Gasteiger partial charge is 0.127 e. The van der Waals surface area contributed by atoms with E-state index in [4.69, 9.17) is 40.2 Å². The Morgan fingerprint density at radius 1 is 1.23 bits per heavy atom. The van der Waals surface area contributed by atoms with Gasteiger partial charge in [-0.05, 0) is 37.6 Å². The minimum atomic E-state index is 0.257. The predicted octanol–water partition coefficient (Wildman–Crippen LogP) is 6.58. The Morgan fingerprint density at radius 2 is 2.04 bits per heavy atom. The van der Waals surface area contributed by atoms with Gasteiger partial charge >= 0.3 is 0 Å². The molecule has 3 rings (SSSR count). The summed E-state index contributed by atoms with van der Waals surface area (Å²) in [6, 6.07) is 11.5. The zero-order chi connectivity index (χ0) is 18.7. The van der Waals surface area contributed by atoms with Gasteiger partial charge in [-0.3, -0.25) is 4.98 Å². The van der Waals surface area contributed by atoms with Gasteiger partial charge in [0.1, 0.15) is 12.4 Å². The molecule has 134 valence electrons. The molecule has 1 heterocycles. The third-order valence-electron chi connectivity index (χ3n) is 4.01. The molecule has 0 unspecified atom stereocenters. The number of pyridine rings is 1. The maximum absolute atomic E-state index is 6.53. The highest BCUT2D eigenvalue weighted by Gasteiger charge is 2.13. The van der Waals surface area contributed by atoms with Crippen molar-refractivity contribution >= 4 is 56.9 Å².